The molecule has 2 rings (SSSR count). The van der Waals surface area contributed by atoms with Crippen molar-refractivity contribution in [3.05, 3.63) is 41.3 Å². The highest BCUT2D eigenvalue weighted by Gasteiger charge is 2.10. The fraction of sp³-hybridized carbons (Fsp3) is 0.214. The van der Waals surface area contributed by atoms with Crippen molar-refractivity contribution in [3.63, 3.8) is 0 Å². The lowest BCUT2D eigenvalue weighted by Crippen LogP contribution is -2.28. The molecule has 1 aromatic carbocycles. The molecule has 106 valence electrons. The van der Waals surface area contributed by atoms with Gasteiger partial charge >= 0.3 is 6.03 Å². The van der Waals surface area contributed by atoms with Gasteiger partial charge in [0.05, 0.1) is 19.2 Å². The standard InChI is InChI=1S/C14H16N2O3S/c1-18-11-6-3-5-10(13(11)19-2)9-15-14(17)16-12-7-4-8-20-12/h3-8H,9H2,1-2H3,(H2,15,16,17). The SMILES string of the molecule is COc1cccc(CNC(=O)Nc2cccs2)c1OC. The van der Waals surface area contributed by atoms with Gasteiger partial charge in [-0.2, -0.15) is 0 Å². The van der Waals surface area contributed by atoms with Crippen LogP contribution in [0.4, 0.5) is 9.80 Å². The normalized spacial score (nSPS) is 9.90. The number of anilines is 1. The molecule has 0 radical (unpaired) electrons. The van der Waals surface area contributed by atoms with Gasteiger partial charge in [0.25, 0.3) is 0 Å². The maximum Gasteiger partial charge on any atom is 0.320 e. The molecule has 0 saturated carbocycles. The number of nitrogens with one attached hydrogen (secondary N) is 2. The largest absolute Gasteiger partial charge is 0.493 e. The number of thiophene rings is 1. The Bertz CT molecular complexity index is 570. The Kier molecular flexibility index (Phi) is 4.84. The number of amides is 2. The van der Waals surface area contributed by atoms with Crippen molar-refractivity contribution in [1.82, 2.24) is 5.32 Å². The van der Waals surface area contributed by atoms with Crippen LogP contribution in [0.25, 0.3) is 0 Å². The van der Waals surface area contributed by atoms with Crippen molar-refractivity contribution in [2.75, 3.05) is 19.5 Å². The van der Waals surface area contributed by atoms with E-state index in [1.54, 1.807) is 14.2 Å². The zero-order valence-electron chi connectivity index (χ0n) is 11.3. The van der Waals surface area contributed by atoms with Crippen LogP contribution in [-0.4, -0.2) is 20.3 Å². The summed E-state index contributed by atoms with van der Waals surface area (Å²) >= 11 is 1.47. The lowest BCUT2D eigenvalue weighted by Gasteiger charge is -2.13. The fourth-order valence-corrected chi connectivity index (χ4v) is 2.39. The highest BCUT2D eigenvalue weighted by Crippen LogP contribution is 2.30. The summed E-state index contributed by atoms with van der Waals surface area (Å²) in [4.78, 5) is 11.8. The average molecular weight is 292 g/mol. The molecule has 6 heteroatoms. The van der Waals surface area contributed by atoms with Gasteiger partial charge in [-0.15, -0.1) is 11.3 Å². The third kappa shape index (κ3) is 3.42. The molecular formula is C14H16N2O3S. The number of benzene rings is 1. The van der Waals surface area contributed by atoms with E-state index in [0.717, 1.165) is 10.6 Å². The number of methoxy groups -OCH3 is 2. The summed E-state index contributed by atoms with van der Waals surface area (Å²) in [5.74, 6) is 1.27. The first-order valence-electron chi connectivity index (χ1n) is 6.03. The van der Waals surface area contributed by atoms with Crippen LogP contribution in [0.3, 0.4) is 0 Å². The second-order valence-electron chi connectivity index (χ2n) is 3.94. The van der Waals surface area contributed by atoms with Gasteiger partial charge in [-0.25, -0.2) is 4.79 Å². The van der Waals surface area contributed by atoms with Crippen LogP contribution in [0.2, 0.25) is 0 Å². The predicted molar refractivity (Wildman–Crippen MR) is 79.7 cm³/mol. The Morgan fingerprint density at radius 2 is 2.05 bits per heavy atom. The number of carbonyl (C=O) groups is 1. The van der Waals surface area contributed by atoms with Crippen LogP contribution in [0.5, 0.6) is 11.5 Å². The Morgan fingerprint density at radius 1 is 1.20 bits per heavy atom. The van der Waals surface area contributed by atoms with Gasteiger partial charge in [-0.1, -0.05) is 12.1 Å². The second kappa shape index (κ2) is 6.81. The van der Waals surface area contributed by atoms with Gasteiger partial charge < -0.3 is 14.8 Å². The number of urea groups is 1. The zero-order valence-corrected chi connectivity index (χ0v) is 12.1. The minimum absolute atomic E-state index is 0.252. The molecule has 0 atom stereocenters. The molecule has 0 aliphatic rings. The number of ether oxygens (including phenoxy) is 2. The van der Waals surface area contributed by atoms with Crippen molar-refractivity contribution < 1.29 is 14.3 Å². The summed E-state index contributed by atoms with van der Waals surface area (Å²) in [7, 11) is 3.16. The van der Waals surface area contributed by atoms with E-state index in [1.807, 2.05) is 35.7 Å². The monoisotopic (exact) mass is 292 g/mol. The first-order chi connectivity index (χ1) is 9.74. The van der Waals surface area contributed by atoms with Crippen LogP contribution < -0.4 is 20.1 Å². The van der Waals surface area contributed by atoms with Crippen LogP contribution in [0.15, 0.2) is 35.7 Å². The molecule has 0 bridgehead atoms. The lowest BCUT2D eigenvalue weighted by atomic mass is 10.2. The number of hydrogen-bond acceptors (Lipinski definition) is 4. The minimum atomic E-state index is -0.252. The molecule has 1 heterocycles. The molecule has 0 spiro atoms. The molecule has 20 heavy (non-hydrogen) atoms. The summed E-state index contributed by atoms with van der Waals surface area (Å²) in [6, 6.07) is 9.02. The van der Waals surface area contributed by atoms with E-state index in [0.29, 0.717) is 18.0 Å². The Balaban J connectivity index is 1.98. The van der Waals surface area contributed by atoms with E-state index in [2.05, 4.69) is 10.6 Å². The van der Waals surface area contributed by atoms with Crippen LogP contribution >= 0.6 is 11.3 Å². The van der Waals surface area contributed by atoms with E-state index < -0.39 is 0 Å². The molecular weight excluding hydrogens is 276 g/mol. The van der Waals surface area contributed by atoms with E-state index in [4.69, 9.17) is 9.47 Å². The van der Waals surface area contributed by atoms with Crippen molar-refractivity contribution in [2.24, 2.45) is 0 Å². The molecule has 2 aromatic rings. The third-order valence-corrected chi connectivity index (χ3v) is 3.47. The zero-order chi connectivity index (χ0) is 14.4. The average Bonchev–Trinajstić information content (AvgIpc) is 2.97. The number of carbonyl (C=O) groups excluding carboxylic acids is 1. The summed E-state index contributed by atoms with van der Waals surface area (Å²) in [6.45, 7) is 0.359. The van der Waals surface area contributed by atoms with Gasteiger partial charge in [-0.05, 0) is 23.6 Å². The number of para-hydroxylation sites is 1. The van der Waals surface area contributed by atoms with Gasteiger partial charge in [0.1, 0.15) is 0 Å². The van der Waals surface area contributed by atoms with Gasteiger partial charge in [0.2, 0.25) is 0 Å². The van der Waals surface area contributed by atoms with Crippen molar-refractivity contribution in [1.29, 1.82) is 0 Å². The third-order valence-electron chi connectivity index (χ3n) is 2.68. The minimum Gasteiger partial charge on any atom is -0.493 e. The highest BCUT2D eigenvalue weighted by molar-refractivity contribution is 7.14. The molecule has 0 aliphatic heterocycles. The van der Waals surface area contributed by atoms with Crippen molar-refractivity contribution in [2.45, 2.75) is 6.54 Å². The molecule has 1 aromatic heterocycles. The number of rotatable bonds is 5. The Hall–Kier alpha value is -2.21. The van der Waals surface area contributed by atoms with Crippen LogP contribution in [0.1, 0.15) is 5.56 Å². The van der Waals surface area contributed by atoms with E-state index in [9.17, 15) is 4.79 Å². The highest BCUT2D eigenvalue weighted by atomic mass is 32.1. The molecule has 0 aliphatic carbocycles. The molecule has 2 N–H and O–H groups in total. The lowest BCUT2D eigenvalue weighted by molar-refractivity contribution is 0.251. The van der Waals surface area contributed by atoms with E-state index in [-0.39, 0.29) is 6.03 Å². The van der Waals surface area contributed by atoms with Gasteiger partial charge in [-0.3, -0.25) is 5.32 Å². The van der Waals surface area contributed by atoms with Crippen LogP contribution in [0, 0.1) is 0 Å². The smallest absolute Gasteiger partial charge is 0.320 e. The Morgan fingerprint density at radius 3 is 2.70 bits per heavy atom. The molecule has 0 unspecified atom stereocenters. The second-order valence-corrected chi connectivity index (χ2v) is 4.89. The summed E-state index contributed by atoms with van der Waals surface area (Å²) in [6.07, 6.45) is 0. The van der Waals surface area contributed by atoms with Gasteiger partial charge in [0, 0.05) is 12.1 Å². The maximum atomic E-state index is 11.8. The molecule has 5 nitrogen and oxygen atoms in total. The first kappa shape index (κ1) is 14.2. The quantitative estimate of drug-likeness (QED) is 0.890. The number of hydrogen-bond donors (Lipinski definition) is 2. The summed E-state index contributed by atoms with van der Waals surface area (Å²) in [5, 5.41) is 8.25. The molecule has 0 saturated heterocycles. The van der Waals surface area contributed by atoms with Crippen molar-refractivity contribution >= 4 is 22.4 Å². The Labute approximate surface area is 121 Å². The fourth-order valence-electron chi connectivity index (χ4n) is 1.77. The molecule has 2 amide bonds. The topological polar surface area (TPSA) is 59.6 Å². The van der Waals surface area contributed by atoms with E-state index >= 15 is 0 Å². The van der Waals surface area contributed by atoms with E-state index in [1.165, 1.54) is 11.3 Å². The molecule has 0 fully saturated rings. The summed E-state index contributed by atoms with van der Waals surface area (Å²) < 4.78 is 10.5. The predicted octanol–water partition coefficient (Wildman–Crippen LogP) is 3.09. The first-order valence-corrected chi connectivity index (χ1v) is 6.90. The van der Waals surface area contributed by atoms with Crippen molar-refractivity contribution in [3.8, 4) is 11.5 Å². The summed E-state index contributed by atoms with van der Waals surface area (Å²) in [5.41, 5.74) is 0.855. The maximum absolute atomic E-state index is 11.8. The van der Waals surface area contributed by atoms with Crippen LogP contribution in [-0.2, 0) is 6.54 Å². The van der Waals surface area contributed by atoms with Gasteiger partial charge in [0.15, 0.2) is 11.5 Å².